The maximum atomic E-state index is 12.3. The Kier molecular flexibility index (Phi) is 4.15. The molecule has 1 aromatic carbocycles. The molecule has 0 saturated heterocycles. The number of aliphatic hydroxyl groups excluding tert-OH is 1. The fourth-order valence-corrected chi connectivity index (χ4v) is 2.26. The van der Waals surface area contributed by atoms with Crippen LogP contribution in [0, 0.1) is 13.8 Å². The number of hydrogen-bond acceptors (Lipinski definition) is 3. The van der Waals surface area contributed by atoms with Gasteiger partial charge in [0.1, 0.15) is 0 Å². The van der Waals surface area contributed by atoms with Gasteiger partial charge in [-0.25, -0.2) is 0 Å². The number of Topliss-reactive ketones (excluding diaryl/α,β-unsaturated/α-hetero) is 1. The molecule has 1 N–H and O–H groups in total. The van der Waals surface area contributed by atoms with Crippen LogP contribution in [0.1, 0.15) is 34.3 Å². The summed E-state index contributed by atoms with van der Waals surface area (Å²) in [5.74, 6) is 0.163. The minimum absolute atomic E-state index is 0.122. The summed E-state index contributed by atoms with van der Waals surface area (Å²) in [6.07, 6.45) is 2.31. The number of nitrogens with zero attached hydrogens (tertiary/aromatic N) is 1. The van der Waals surface area contributed by atoms with E-state index in [0.29, 0.717) is 19.1 Å². The third-order valence-corrected chi connectivity index (χ3v) is 3.49. The van der Waals surface area contributed by atoms with Gasteiger partial charge in [0, 0.05) is 18.2 Å². The van der Waals surface area contributed by atoms with Crippen LogP contribution in [0.2, 0.25) is 0 Å². The molecule has 1 aliphatic rings. The van der Waals surface area contributed by atoms with Gasteiger partial charge in [0.25, 0.3) is 0 Å². The fraction of sp³-hybridized carbons (Fsp3) is 0.533. The van der Waals surface area contributed by atoms with E-state index in [0.717, 1.165) is 29.5 Å². The molecule has 0 aliphatic heterocycles. The quantitative estimate of drug-likeness (QED) is 0.781. The number of ketones is 1. The van der Waals surface area contributed by atoms with E-state index in [1.807, 2.05) is 32.0 Å². The monoisotopic (exact) mass is 247 g/mol. The van der Waals surface area contributed by atoms with E-state index in [2.05, 4.69) is 4.90 Å². The Morgan fingerprint density at radius 3 is 2.72 bits per heavy atom. The molecule has 0 unspecified atom stereocenters. The topological polar surface area (TPSA) is 40.5 Å². The molecule has 0 atom stereocenters. The molecule has 0 radical (unpaired) electrons. The van der Waals surface area contributed by atoms with Crippen LogP contribution in [0.4, 0.5) is 0 Å². The molecule has 0 aromatic heterocycles. The molecule has 0 heterocycles. The number of carbonyl (C=O) groups is 1. The zero-order chi connectivity index (χ0) is 13.1. The molecule has 1 fully saturated rings. The van der Waals surface area contributed by atoms with Crippen LogP contribution in [0.25, 0.3) is 0 Å². The Bertz CT molecular complexity index is 438. The van der Waals surface area contributed by atoms with Crippen LogP contribution in [0.3, 0.4) is 0 Å². The zero-order valence-corrected chi connectivity index (χ0v) is 11.1. The fourth-order valence-electron chi connectivity index (χ4n) is 2.26. The smallest absolute Gasteiger partial charge is 0.177 e. The van der Waals surface area contributed by atoms with Gasteiger partial charge in [0.15, 0.2) is 5.78 Å². The van der Waals surface area contributed by atoms with Gasteiger partial charge in [0.2, 0.25) is 0 Å². The van der Waals surface area contributed by atoms with Crippen molar-refractivity contribution in [3.63, 3.8) is 0 Å². The third-order valence-electron chi connectivity index (χ3n) is 3.49. The lowest BCUT2D eigenvalue weighted by Crippen LogP contribution is -2.34. The molecule has 3 heteroatoms. The molecule has 1 aromatic rings. The average molecular weight is 247 g/mol. The van der Waals surface area contributed by atoms with Gasteiger partial charge in [-0.15, -0.1) is 0 Å². The Morgan fingerprint density at radius 2 is 2.11 bits per heavy atom. The summed E-state index contributed by atoms with van der Waals surface area (Å²) < 4.78 is 0. The van der Waals surface area contributed by atoms with Gasteiger partial charge < -0.3 is 5.11 Å². The molecule has 2 rings (SSSR count). The largest absolute Gasteiger partial charge is 0.395 e. The molecule has 0 bridgehead atoms. The van der Waals surface area contributed by atoms with E-state index >= 15 is 0 Å². The number of benzene rings is 1. The predicted octanol–water partition coefficient (Wildman–Crippen LogP) is 1.94. The molecule has 0 spiro atoms. The number of hydrogen-bond donors (Lipinski definition) is 1. The van der Waals surface area contributed by atoms with Gasteiger partial charge in [-0.1, -0.05) is 17.7 Å². The molecule has 3 nitrogen and oxygen atoms in total. The van der Waals surface area contributed by atoms with E-state index < -0.39 is 0 Å². The highest BCUT2D eigenvalue weighted by Crippen LogP contribution is 2.26. The summed E-state index contributed by atoms with van der Waals surface area (Å²) in [6, 6.07) is 6.49. The highest BCUT2D eigenvalue weighted by atomic mass is 16.3. The van der Waals surface area contributed by atoms with Crippen LogP contribution in [0.5, 0.6) is 0 Å². The minimum atomic E-state index is 0.122. The van der Waals surface area contributed by atoms with Crippen LogP contribution in [0.15, 0.2) is 18.2 Å². The van der Waals surface area contributed by atoms with Crippen molar-refractivity contribution in [2.45, 2.75) is 32.7 Å². The lowest BCUT2D eigenvalue weighted by Gasteiger charge is -2.20. The van der Waals surface area contributed by atoms with Crippen molar-refractivity contribution in [1.29, 1.82) is 0 Å². The summed E-state index contributed by atoms with van der Waals surface area (Å²) in [5.41, 5.74) is 2.97. The van der Waals surface area contributed by atoms with E-state index in [-0.39, 0.29) is 12.4 Å². The van der Waals surface area contributed by atoms with Crippen molar-refractivity contribution >= 4 is 5.78 Å². The first-order valence-electron chi connectivity index (χ1n) is 6.57. The number of rotatable bonds is 6. The lowest BCUT2D eigenvalue weighted by molar-refractivity contribution is 0.0906. The van der Waals surface area contributed by atoms with Crippen LogP contribution in [-0.4, -0.2) is 41.5 Å². The Hall–Kier alpha value is -1.19. The second-order valence-corrected chi connectivity index (χ2v) is 5.17. The molecule has 1 aliphatic carbocycles. The minimum Gasteiger partial charge on any atom is -0.395 e. The summed E-state index contributed by atoms with van der Waals surface area (Å²) in [6.45, 7) is 5.12. The maximum Gasteiger partial charge on any atom is 0.177 e. The summed E-state index contributed by atoms with van der Waals surface area (Å²) >= 11 is 0. The molecule has 18 heavy (non-hydrogen) atoms. The summed E-state index contributed by atoms with van der Waals surface area (Å²) in [4.78, 5) is 14.4. The Balaban J connectivity index is 2.07. The second kappa shape index (κ2) is 5.63. The van der Waals surface area contributed by atoms with E-state index in [1.165, 1.54) is 0 Å². The third kappa shape index (κ3) is 3.18. The molecular formula is C15H21NO2. The van der Waals surface area contributed by atoms with Gasteiger partial charge in [-0.3, -0.25) is 9.69 Å². The van der Waals surface area contributed by atoms with Crippen LogP contribution < -0.4 is 0 Å². The maximum absolute atomic E-state index is 12.3. The Morgan fingerprint density at radius 1 is 1.39 bits per heavy atom. The van der Waals surface area contributed by atoms with Crippen molar-refractivity contribution in [1.82, 2.24) is 4.90 Å². The first kappa shape index (κ1) is 13.2. The SMILES string of the molecule is Cc1ccc(C)c(C(=O)CN(CCO)C2CC2)c1. The van der Waals surface area contributed by atoms with E-state index in [9.17, 15) is 4.79 Å². The molecule has 0 amide bonds. The van der Waals surface area contributed by atoms with Gasteiger partial charge >= 0.3 is 0 Å². The highest BCUT2D eigenvalue weighted by Gasteiger charge is 2.30. The first-order chi connectivity index (χ1) is 8.61. The van der Waals surface area contributed by atoms with Crippen molar-refractivity contribution < 1.29 is 9.90 Å². The highest BCUT2D eigenvalue weighted by molar-refractivity contribution is 5.99. The Labute approximate surface area is 108 Å². The van der Waals surface area contributed by atoms with Crippen molar-refractivity contribution in [2.24, 2.45) is 0 Å². The normalized spacial score (nSPS) is 15.1. The lowest BCUT2D eigenvalue weighted by atomic mass is 10.0. The number of aryl methyl sites for hydroxylation is 2. The zero-order valence-electron chi connectivity index (χ0n) is 11.1. The van der Waals surface area contributed by atoms with Crippen LogP contribution >= 0.6 is 0 Å². The van der Waals surface area contributed by atoms with Gasteiger partial charge in [-0.2, -0.15) is 0 Å². The van der Waals surface area contributed by atoms with E-state index in [1.54, 1.807) is 0 Å². The van der Waals surface area contributed by atoms with Gasteiger partial charge in [-0.05, 0) is 38.3 Å². The van der Waals surface area contributed by atoms with E-state index in [4.69, 9.17) is 5.11 Å². The van der Waals surface area contributed by atoms with Crippen LogP contribution in [-0.2, 0) is 0 Å². The van der Waals surface area contributed by atoms with Gasteiger partial charge in [0.05, 0.1) is 13.2 Å². The summed E-state index contributed by atoms with van der Waals surface area (Å²) in [7, 11) is 0. The summed E-state index contributed by atoms with van der Waals surface area (Å²) in [5, 5.41) is 9.04. The number of carbonyl (C=O) groups excluding carboxylic acids is 1. The standard InChI is InChI=1S/C15H21NO2/c1-11-3-4-12(2)14(9-11)15(18)10-16(7-8-17)13-5-6-13/h3-4,9,13,17H,5-8,10H2,1-2H3. The molecule has 98 valence electrons. The second-order valence-electron chi connectivity index (χ2n) is 5.17. The van der Waals surface area contributed by atoms with Crippen molar-refractivity contribution in [2.75, 3.05) is 19.7 Å². The molecular weight excluding hydrogens is 226 g/mol. The number of aliphatic hydroxyl groups is 1. The first-order valence-corrected chi connectivity index (χ1v) is 6.57. The van der Waals surface area contributed by atoms with Crippen molar-refractivity contribution in [3.8, 4) is 0 Å². The average Bonchev–Trinajstić information content (AvgIpc) is 3.15. The predicted molar refractivity (Wildman–Crippen MR) is 71.9 cm³/mol. The molecule has 1 saturated carbocycles. The van der Waals surface area contributed by atoms with Crippen molar-refractivity contribution in [3.05, 3.63) is 34.9 Å².